The number of carbonyl (C=O) groups is 1. The van der Waals surface area contributed by atoms with Crippen LogP contribution in [0.2, 0.25) is 5.02 Å². The van der Waals surface area contributed by atoms with E-state index in [0.717, 1.165) is 5.56 Å². The second kappa shape index (κ2) is 7.04. The third-order valence-electron chi connectivity index (χ3n) is 3.77. The third kappa shape index (κ3) is 4.11. The highest BCUT2D eigenvalue weighted by Crippen LogP contribution is 2.34. The van der Waals surface area contributed by atoms with Gasteiger partial charge in [0.1, 0.15) is 5.60 Å². The molecule has 2 aromatic heterocycles. The Kier molecular flexibility index (Phi) is 4.93. The molecule has 0 aliphatic carbocycles. The van der Waals surface area contributed by atoms with Crippen LogP contribution in [0.15, 0.2) is 42.6 Å². The van der Waals surface area contributed by atoms with Crippen LogP contribution >= 0.6 is 11.6 Å². The number of rotatable bonds is 3. The number of ether oxygens (including phenoxy) is 1. The summed E-state index contributed by atoms with van der Waals surface area (Å²) < 4.78 is 6.65. The maximum absolute atomic E-state index is 12.1. The zero-order valence-corrected chi connectivity index (χ0v) is 16.3. The number of hydrogen-bond donors (Lipinski definition) is 1. The molecule has 0 saturated carbocycles. The number of benzene rings is 1. The van der Waals surface area contributed by atoms with Crippen molar-refractivity contribution >= 4 is 17.6 Å². The van der Waals surface area contributed by atoms with Crippen LogP contribution in [0.1, 0.15) is 36.8 Å². The van der Waals surface area contributed by atoms with Gasteiger partial charge in [-0.05, 0) is 57.5 Å². The molecular weight excluding hydrogens is 366 g/mol. The van der Waals surface area contributed by atoms with Crippen LogP contribution in [0.3, 0.4) is 0 Å². The number of hydrogen-bond acceptors (Lipinski definition) is 5. The van der Waals surface area contributed by atoms with Gasteiger partial charge in [0, 0.05) is 11.2 Å². The van der Waals surface area contributed by atoms with Gasteiger partial charge in [0.15, 0.2) is 5.82 Å². The topological polar surface area (TPSA) is 77.2 Å². The van der Waals surface area contributed by atoms with Crippen LogP contribution in [-0.4, -0.2) is 31.4 Å². The van der Waals surface area contributed by atoms with Gasteiger partial charge in [-0.3, -0.25) is 0 Å². The van der Waals surface area contributed by atoms with Crippen molar-refractivity contribution in [3.63, 3.8) is 0 Å². The first-order chi connectivity index (χ1) is 12.7. The molecule has 2 heterocycles. The molecule has 0 amide bonds. The minimum Gasteiger partial charge on any atom is -0.493 e. The summed E-state index contributed by atoms with van der Waals surface area (Å²) in [5.74, 6) is -0.0975. The molecular formula is C20H20ClN3O3. The van der Waals surface area contributed by atoms with E-state index < -0.39 is 11.6 Å². The van der Waals surface area contributed by atoms with Gasteiger partial charge in [0.05, 0.1) is 16.8 Å². The van der Waals surface area contributed by atoms with Gasteiger partial charge in [-0.25, -0.2) is 9.78 Å². The smallest absolute Gasteiger partial charge is 0.340 e. The molecule has 3 rings (SSSR count). The van der Waals surface area contributed by atoms with Gasteiger partial charge < -0.3 is 9.84 Å². The average molecular weight is 386 g/mol. The maximum atomic E-state index is 12.1. The second-order valence-corrected chi connectivity index (χ2v) is 7.55. The summed E-state index contributed by atoms with van der Waals surface area (Å²) in [5.41, 5.74) is 1.79. The van der Waals surface area contributed by atoms with E-state index in [0.29, 0.717) is 27.7 Å². The molecule has 0 unspecified atom stereocenters. The van der Waals surface area contributed by atoms with E-state index in [2.05, 4.69) is 10.1 Å². The highest BCUT2D eigenvalue weighted by Gasteiger charge is 2.20. The number of nitrogens with zero attached hydrogens (tertiary/aromatic N) is 3. The SMILES string of the molecule is Cc1nn(-c2ccc(C(=O)OC(C)(C)C)cn2)c(O)c1-c1ccc(Cl)cc1. The largest absolute Gasteiger partial charge is 0.493 e. The number of esters is 1. The van der Waals surface area contributed by atoms with Crippen molar-refractivity contribution in [1.29, 1.82) is 0 Å². The molecule has 3 aromatic rings. The number of aromatic hydroxyl groups is 1. The van der Waals surface area contributed by atoms with E-state index in [-0.39, 0.29) is 5.88 Å². The number of halogens is 1. The molecule has 1 aromatic carbocycles. The van der Waals surface area contributed by atoms with Crippen LogP contribution in [0.4, 0.5) is 0 Å². The van der Waals surface area contributed by atoms with Crippen molar-refractivity contribution in [3.05, 3.63) is 58.9 Å². The molecule has 140 valence electrons. The van der Waals surface area contributed by atoms with Crippen molar-refractivity contribution in [1.82, 2.24) is 14.8 Å². The lowest BCUT2D eigenvalue weighted by Crippen LogP contribution is -2.24. The molecule has 0 saturated heterocycles. The Labute approximate surface area is 162 Å². The summed E-state index contributed by atoms with van der Waals surface area (Å²) in [6, 6.07) is 10.3. The second-order valence-electron chi connectivity index (χ2n) is 7.11. The van der Waals surface area contributed by atoms with E-state index in [1.54, 1.807) is 52.0 Å². The fraction of sp³-hybridized carbons (Fsp3) is 0.250. The standard InChI is InChI=1S/C20H20ClN3O3/c1-12-17(13-5-8-15(21)9-6-13)18(25)24(23-12)16-10-7-14(11-22-16)19(26)27-20(2,3)4/h5-11,25H,1-4H3. The van der Waals surface area contributed by atoms with Crippen molar-refractivity contribution in [2.45, 2.75) is 33.3 Å². The normalized spacial score (nSPS) is 11.4. The quantitative estimate of drug-likeness (QED) is 0.669. The van der Waals surface area contributed by atoms with Crippen molar-refractivity contribution in [2.24, 2.45) is 0 Å². The number of aromatic nitrogens is 3. The third-order valence-corrected chi connectivity index (χ3v) is 4.02. The van der Waals surface area contributed by atoms with Crippen LogP contribution in [0, 0.1) is 6.92 Å². The number of aryl methyl sites for hydroxylation is 1. The summed E-state index contributed by atoms with van der Waals surface area (Å²) >= 11 is 5.93. The van der Waals surface area contributed by atoms with E-state index in [1.165, 1.54) is 10.9 Å². The van der Waals surface area contributed by atoms with E-state index >= 15 is 0 Å². The lowest BCUT2D eigenvalue weighted by Gasteiger charge is -2.19. The Balaban J connectivity index is 1.92. The Morgan fingerprint density at radius 1 is 1.15 bits per heavy atom. The fourth-order valence-electron chi connectivity index (χ4n) is 2.60. The molecule has 7 heteroatoms. The first-order valence-corrected chi connectivity index (χ1v) is 8.78. The summed E-state index contributed by atoms with van der Waals surface area (Å²) in [7, 11) is 0. The Morgan fingerprint density at radius 3 is 2.37 bits per heavy atom. The molecule has 0 fully saturated rings. The van der Waals surface area contributed by atoms with Crippen molar-refractivity contribution < 1.29 is 14.6 Å². The molecule has 0 radical (unpaired) electrons. The fourth-order valence-corrected chi connectivity index (χ4v) is 2.72. The Bertz CT molecular complexity index is 971. The lowest BCUT2D eigenvalue weighted by molar-refractivity contribution is 0.00691. The average Bonchev–Trinajstić information content (AvgIpc) is 2.89. The molecule has 0 atom stereocenters. The van der Waals surface area contributed by atoms with Crippen LogP contribution in [0.5, 0.6) is 5.88 Å². The van der Waals surface area contributed by atoms with Gasteiger partial charge in [-0.2, -0.15) is 9.78 Å². The van der Waals surface area contributed by atoms with Gasteiger partial charge in [0.25, 0.3) is 0 Å². The first-order valence-electron chi connectivity index (χ1n) is 8.40. The first kappa shape index (κ1) is 18.9. The minimum atomic E-state index is -0.583. The molecule has 1 N–H and O–H groups in total. The van der Waals surface area contributed by atoms with E-state index in [9.17, 15) is 9.90 Å². The Hall–Kier alpha value is -2.86. The Morgan fingerprint density at radius 2 is 1.81 bits per heavy atom. The maximum Gasteiger partial charge on any atom is 0.340 e. The zero-order valence-electron chi connectivity index (χ0n) is 15.5. The summed E-state index contributed by atoms with van der Waals surface area (Å²) in [6.45, 7) is 7.20. The summed E-state index contributed by atoms with van der Waals surface area (Å²) in [4.78, 5) is 16.3. The number of pyridine rings is 1. The van der Waals surface area contributed by atoms with Crippen molar-refractivity contribution in [3.8, 4) is 22.8 Å². The predicted molar refractivity (Wildman–Crippen MR) is 103 cm³/mol. The van der Waals surface area contributed by atoms with Crippen LogP contribution in [0.25, 0.3) is 16.9 Å². The predicted octanol–water partition coefficient (Wildman–Crippen LogP) is 4.56. The monoisotopic (exact) mass is 385 g/mol. The summed E-state index contributed by atoms with van der Waals surface area (Å²) in [6.07, 6.45) is 1.40. The number of carbonyl (C=O) groups excluding carboxylic acids is 1. The van der Waals surface area contributed by atoms with Gasteiger partial charge in [-0.1, -0.05) is 23.7 Å². The van der Waals surface area contributed by atoms with E-state index in [1.807, 2.05) is 12.1 Å². The zero-order chi connectivity index (χ0) is 19.8. The van der Waals surface area contributed by atoms with Crippen molar-refractivity contribution in [2.75, 3.05) is 0 Å². The molecule has 0 bridgehead atoms. The van der Waals surface area contributed by atoms with Crippen LogP contribution < -0.4 is 0 Å². The van der Waals surface area contributed by atoms with Gasteiger partial charge in [0.2, 0.25) is 5.88 Å². The summed E-state index contributed by atoms with van der Waals surface area (Å²) in [5, 5.41) is 15.6. The molecule has 6 nitrogen and oxygen atoms in total. The lowest BCUT2D eigenvalue weighted by atomic mass is 10.1. The molecule has 0 aliphatic heterocycles. The highest BCUT2D eigenvalue weighted by molar-refractivity contribution is 6.30. The molecule has 0 spiro atoms. The van der Waals surface area contributed by atoms with Gasteiger partial charge >= 0.3 is 5.97 Å². The molecule has 27 heavy (non-hydrogen) atoms. The van der Waals surface area contributed by atoms with Gasteiger partial charge in [-0.15, -0.1) is 0 Å². The van der Waals surface area contributed by atoms with Crippen LogP contribution in [-0.2, 0) is 4.74 Å². The van der Waals surface area contributed by atoms with E-state index in [4.69, 9.17) is 16.3 Å². The highest BCUT2D eigenvalue weighted by atomic mass is 35.5. The molecule has 0 aliphatic rings. The minimum absolute atomic E-state index is 0.0349.